The number of carbonyl (C=O) groups is 6. The normalized spacial score (nSPS) is 27.6. The van der Waals surface area contributed by atoms with Crippen LogP contribution in [-0.2, 0) is 67.2 Å². The highest BCUT2D eigenvalue weighted by Crippen LogP contribution is 2.49. The molecule has 0 unspecified atom stereocenters. The molecule has 2 N–H and O–H groups in total. The molecule has 4 bridgehead atoms. The van der Waals surface area contributed by atoms with Crippen molar-refractivity contribution in [3.8, 4) is 0 Å². The fourth-order valence-electron chi connectivity index (χ4n) is 8.70. The number of alkyl carbamates (subject to hydrolysis) is 1. The highest BCUT2D eigenvalue weighted by atomic mass is 35.5. The van der Waals surface area contributed by atoms with Crippen molar-refractivity contribution in [1.29, 1.82) is 0 Å². The maximum atomic E-state index is 14.3. The first-order chi connectivity index (χ1) is 33.4. The van der Waals surface area contributed by atoms with Crippen LogP contribution in [0.15, 0.2) is 54.3 Å². The van der Waals surface area contributed by atoms with Gasteiger partial charge in [0.05, 0.1) is 55.7 Å². The van der Waals surface area contributed by atoms with Crippen molar-refractivity contribution in [1.82, 2.24) is 30.1 Å². The van der Waals surface area contributed by atoms with Gasteiger partial charge in [-0.2, -0.15) is 0 Å². The molecule has 6 rings (SSSR count). The van der Waals surface area contributed by atoms with Gasteiger partial charge in [-0.15, -0.1) is 5.10 Å². The number of likely N-dealkylation sites (N-methyl/N-ethyl adjacent to an activating group) is 1. The predicted molar refractivity (Wildman–Crippen MR) is 268 cm³/mol. The maximum absolute atomic E-state index is 14.3. The van der Waals surface area contributed by atoms with E-state index in [-0.39, 0.29) is 48.3 Å². The number of aromatic nitrogens is 3. The number of aliphatic hydroxyl groups is 1. The Morgan fingerprint density at radius 3 is 2.56 bits per heavy atom. The second-order valence-electron chi connectivity index (χ2n) is 19.4. The molecule has 19 nitrogen and oxygen atoms in total. The van der Waals surface area contributed by atoms with Gasteiger partial charge in [0, 0.05) is 62.6 Å². The molecular formula is C49H66ClN7O12S2. The Morgan fingerprint density at radius 2 is 1.86 bits per heavy atom. The molecule has 4 aliphatic rings. The highest BCUT2D eigenvalue weighted by molar-refractivity contribution is 8.77. The van der Waals surface area contributed by atoms with Crippen molar-refractivity contribution in [3.63, 3.8) is 0 Å². The summed E-state index contributed by atoms with van der Waals surface area (Å²) >= 11 is 6.84. The Kier molecular flexibility index (Phi) is 18.3. The minimum Gasteiger partial charge on any atom is -0.457 e. The second kappa shape index (κ2) is 23.4. The smallest absolute Gasteiger partial charge is 0.409 e. The summed E-state index contributed by atoms with van der Waals surface area (Å²) in [6.45, 7) is 14.4. The molecule has 71 heavy (non-hydrogen) atoms. The first-order valence-corrected chi connectivity index (χ1v) is 26.2. The number of imide groups is 1. The van der Waals surface area contributed by atoms with Crippen LogP contribution in [0.4, 0.5) is 10.5 Å². The van der Waals surface area contributed by atoms with Gasteiger partial charge in [0.25, 0.3) is 11.8 Å². The van der Waals surface area contributed by atoms with Gasteiger partial charge in [-0.25, -0.2) is 14.3 Å². The zero-order valence-electron chi connectivity index (χ0n) is 42.0. The molecule has 2 aromatic rings. The van der Waals surface area contributed by atoms with Crippen molar-refractivity contribution in [2.75, 3.05) is 45.1 Å². The van der Waals surface area contributed by atoms with Gasteiger partial charge in [-0.3, -0.25) is 29.4 Å². The molecule has 0 radical (unpaired) electrons. The molecule has 0 aliphatic carbocycles. The lowest BCUT2D eigenvalue weighted by Gasteiger charge is -2.42. The summed E-state index contributed by atoms with van der Waals surface area (Å²) < 4.78 is 31.0. The number of fused-ring (bicyclic) bond motifs is 5. The van der Waals surface area contributed by atoms with Crippen LogP contribution in [0.2, 0.25) is 5.02 Å². The molecule has 5 heterocycles. The molecule has 4 aliphatic heterocycles. The van der Waals surface area contributed by atoms with E-state index in [9.17, 15) is 33.9 Å². The second-order valence-corrected chi connectivity index (χ2v) is 22.9. The van der Waals surface area contributed by atoms with Crippen LogP contribution in [0.5, 0.6) is 0 Å². The quantitative estimate of drug-likeness (QED) is 0.0657. The van der Waals surface area contributed by atoms with Gasteiger partial charge in [-0.05, 0) is 71.6 Å². The van der Waals surface area contributed by atoms with E-state index in [1.807, 2.05) is 45.9 Å². The average Bonchev–Trinajstić information content (AvgIpc) is 3.64. The molecule has 2 fully saturated rings. The molecule has 0 spiro atoms. The van der Waals surface area contributed by atoms with E-state index >= 15 is 0 Å². The van der Waals surface area contributed by atoms with Crippen LogP contribution < -0.4 is 10.2 Å². The number of epoxide rings is 1. The largest absolute Gasteiger partial charge is 0.457 e. The summed E-state index contributed by atoms with van der Waals surface area (Å²) in [6, 6.07) is 2.77. The van der Waals surface area contributed by atoms with Gasteiger partial charge >= 0.3 is 12.1 Å². The average molecular weight is 1040 g/mol. The van der Waals surface area contributed by atoms with E-state index in [0.717, 1.165) is 21.6 Å². The molecular weight excluding hydrogens is 978 g/mol. The summed E-state index contributed by atoms with van der Waals surface area (Å²) in [7, 11) is 7.85. The summed E-state index contributed by atoms with van der Waals surface area (Å²) in [5.41, 5.74) is 0.519. The van der Waals surface area contributed by atoms with Gasteiger partial charge in [0.2, 0.25) is 11.8 Å². The summed E-state index contributed by atoms with van der Waals surface area (Å²) in [4.78, 5) is 82.6. The Hall–Kier alpha value is -4.77. The molecule has 0 saturated carbocycles. The van der Waals surface area contributed by atoms with Crippen molar-refractivity contribution < 1.29 is 57.6 Å². The third-order valence-electron chi connectivity index (χ3n) is 13.3. The number of nitrogens with one attached hydrogen (secondary N) is 1. The molecule has 388 valence electrons. The van der Waals surface area contributed by atoms with Crippen LogP contribution >= 0.6 is 33.2 Å². The van der Waals surface area contributed by atoms with Crippen molar-refractivity contribution in [2.45, 2.75) is 140 Å². The monoisotopic (exact) mass is 1040 g/mol. The van der Waals surface area contributed by atoms with E-state index in [4.69, 9.17) is 35.3 Å². The number of methoxy groups -OCH3 is 1. The molecule has 5 amide bonds. The highest BCUT2D eigenvalue weighted by Gasteiger charge is 2.64. The van der Waals surface area contributed by atoms with E-state index in [1.54, 1.807) is 79.5 Å². The number of allylic oxidation sites excluding steroid dienone is 3. The molecule has 1 aromatic heterocycles. The number of aryl methyl sites for hydroxylation is 1. The molecule has 2 saturated heterocycles. The number of nitrogens with zero attached hydrogens (tertiary/aromatic N) is 6. The number of ether oxygens (including phenoxy) is 5. The lowest BCUT2D eigenvalue weighted by Crippen LogP contribution is -2.63. The fourth-order valence-corrected chi connectivity index (χ4v) is 11.4. The zero-order valence-corrected chi connectivity index (χ0v) is 44.4. The summed E-state index contributed by atoms with van der Waals surface area (Å²) in [5.74, 6) is -2.03. The van der Waals surface area contributed by atoms with E-state index < -0.39 is 65.7 Å². The van der Waals surface area contributed by atoms with Gasteiger partial charge in [0.15, 0.2) is 5.72 Å². The van der Waals surface area contributed by atoms with Gasteiger partial charge < -0.3 is 38.6 Å². The number of anilines is 1. The number of hydrogen-bond acceptors (Lipinski definition) is 16. The number of halogens is 1. The zero-order chi connectivity index (χ0) is 52.0. The Balaban J connectivity index is 1.05. The van der Waals surface area contributed by atoms with E-state index in [0.29, 0.717) is 54.8 Å². The minimum absolute atomic E-state index is 0.0524. The Labute approximate surface area is 427 Å². The van der Waals surface area contributed by atoms with Gasteiger partial charge in [0.1, 0.15) is 35.6 Å². The maximum Gasteiger partial charge on any atom is 0.409 e. The minimum atomic E-state index is -1.84. The molecule has 22 heteroatoms. The Morgan fingerprint density at radius 1 is 1.14 bits per heavy atom. The fraction of sp³-hybridized carbons (Fsp3) is 0.592. The summed E-state index contributed by atoms with van der Waals surface area (Å²) in [6.07, 6.45) is 5.77. The number of benzene rings is 1. The van der Waals surface area contributed by atoms with Crippen molar-refractivity contribution in [2.24, 2.45) is 5.92 Å². The van der Waals surface area contributed by atoms with E-state index in [2.05, 4.69) is 15.6 Å². The standard InChI is InChI=1S/C49H66ClN7O12S2/c1-29-12-11-13-37(65-10)49(64)26-36(67-46(63)51-49)31(3)44-48(7,69-44)38(25-42(61)55(9)35-24-33(22-29)23-30(2)43(35)50)68-45(62)32(4)54(8)39(58)16-17-47(5,6)71-70-21-20-66-19-18-56-27-34(52-53-56)28-57-40(59)14-15-41(57)60/h11-15,23-24,27,31-32,36-38,44,64H,16-22,25-26,28H2,1-10H3,(H,51,63)/b13-11+,29-12+/t31-,32+,36+,37-,38+,44+,48+,49+/m1/s1. The van der Waals surface area contributed by atoms with Crippen LogP contribution in [-0.4, -0.2) is 152 Å². The molecule has 8 atom stereocenters. The third kappa shape index (κ3) is 13.8. The lowest BCUT2D eigenvalue weighted by molar-refractivity contribution is -0.162. The van der Waals surface area contributed by atoms with Crippen LogP contribution in [0.1, 0.15) is 84.0 Å². The first kappa shape index (κ1) is 55.5. The van der Waals surface area contributed by atoms with Crippen molar-refractivity contribution >= 4 is 74.6 Å². The predicted octanol–water partition coefficient (Wildman–Crippen LogP) is 5.49. The molecule has 1 aromatic carbocycles. The van der Waals surface area contributed by atoms with Crippen LogP contribution in [0.3, 0.4) is 0 Å². The number of rotatable bonds is 17. The van der Waals surface area contributed by atoms with Crippen LogP contribution in [0.25, 0.3) is 0 Å². The number of amides is 5. The SMILES string of the molecule is CO[C@@H]1/C=C/C=C(\C)Cc2cc(C)c(Cl)c(c2)N(C)C(=O)C[C@H](OC(=O)[C@H](C)N(C)C(=O)CCC(C)(C)SSCCOCCn2cc(CN3C(=O)C=CC3=O)nn2)[C@]2(C)O[C@H]2[C@H](C)[C@@H]2C[C@@]1(O)NC(=O)O2. The summed E-state index contributed by atoms with van der Waals surface area (Å²) in [5, 5.41) is 22.8. The lowest BCUT2D eigenvalue weighted by atomic mass is 9.83. The van der Waals surface area contributed by atoms with Crippen LogP contribution in [0, 0.1) is 12.8 Å². The third-order valence-corrected chi connectivity index (χ3v) is 17.1. The van der Waals surface area contributed by atoms with Crippen molar-refractivity contribution in [3.05, 3.63) is 76.1 Å². The van der Waals surface area contributed by atoms with Gasteiger partial charge in [-0.1, -0.05) is 75.2 Å². The number of esters is 1. The van der Waals surface area contributed by atoms with E-state index in [1.165, 1.54) is 29.1 Å². The number of hydrogen-bond donors (Lipinski definition) is 2. The topological polar surface area (TPSA) is 225 Å². The number of carbonyl (C=O) groups excluding carboxylic acids is 6. The first-order valence-electron chi connectivity index (χ1n) is 23.5. The Bertz CT molecular complexity index is 2410.